The van der Waals surface area contributed by atoms with Crippen LogP contribution in [-0.4, -0.2) is 17.6 Å². The van der Waals surface area contributed by atoms with Crippen LogP contribution in [0.25, 0.3) is 10.6 Å². The van der Waals surface area contributed by atoms with E-state index in [1.807, 2.05) is 0 Å². The Labute approximate surface area is 125 Å². The zero-order chi connectivity index (χ0) is 15.6. The number of esters is 1. The van der Waals surface area contributed by atoms with Gasteiger partial charge in [-0.25, -0.2) is 13.8 Å². The van der Waals surface area contributed by atoms with Crippen LogP contribution in [0.3, 0.4) is 0 Å². The second-order valence-corrected chi connectivity index (χ2v) is 5.87. The van der Waals surface area contributed by atoms with Gasteiger partial charge in [-0.15, -0.1) is 11.3 Å². The lowest BCUT2D eigenvalue weighted by Gasteiger charge is -2.19. The molecule has 0 saturated carbocycles. The first kappa shape index (κ1) is 15.6. The molecule has 2 aromatic rings. The first-order valence-corrected chi connectivity index (χ1v) is 7.33. The number of hydrogen-bond donors (Lipinski definition) is 0. The third-order valence-electron chi connectivity index (χ3n) is 3.09. The molecule has 0 aliphatic heterocycles. The van der Waals surface area contributed by atoms with Crippen LogP contribution in [-0.2, 0) is 14.9 Å². The van der Waals surface area contributed by atoms with E-state index in [0.29, 0.717) is 10.7 Å². The second kappa shape index (κ2) is 5.89. The zero-order valence-corrected chi connectivity index (χ0v) is 12.8. The third-order valence-corrected chi connectivity index (χ3v) is 3.97. The standard InChI is InChI=1S/C15H15F2NO2S/c1-4-20-14(19)15(2,3)12-8-21-13(18-12)10-6-5-9(16)7-11(10)17/h5-8H,4H2,1-3H3. The second-order valence-electron chi connectivity index (χ2n) is 5.01. The Kier molecular flexibility index (Phi) is 4.37. The molecule has 0 radical (unpaired) electrons. The normalized spacial score (nSPS) is 11.5. The van der Waals surface area contributed by atoms with E-state index < -0.39 is 17.0 Å². The number of carbonyl (C=O) groups excluding carboxylic acids is 1. The summed E-state index contributed by atoms with van der Waals surface area (Å²) in [6, 6.07) is 3.33. The number of halogens is 2. The number of carbonyl (C=O) groups is 1. The summed E-state index contributed by atoms with van der Waals surface area (Å²) in [4.78, 5) is 16.2. The maximum atomic E-state index is 13.8. The van der Waals surface area contributed by atoms with Gasteiger partial charge in [-0.2, -0.15) is 0 Å². The number of thiazole rings is 1. The van der Waals surface area contributed by atoms with E-state index in [9.17, 15) is 13.6 Å². The van der Waals surface area contributed by atoms with Crippen molar-refractivity contribution in [2.24, 2.45) is 0 Å². The van der Waals surface area contributed by atoms with Crippen LogP contribution >= 0.6 is 11.3 Å². The highest BCUT2D eigenvalue weighted by Crippen LogP contribution is 2.32. The molecule has 21 heavy (non-hydrogen) atoms. The van der Waals surface area contributed by atoms with Gasteiger partial charge in [-0.1, -0.05) is 0 Å². The maximum Gasteiger partial charge on any atom is 0.317 e. The molecule has 6 heteroatoms. The predicted molar refractivity (Wildman–Crippen MR) is 77.1 cm³/mol. The van der Waals surface area contributed by atoms with E-state index in [1.54, 1.807) is 26.2 Å². The monoisotopic (exact) mass is 311 g/mol. The van der Waals surface area contributed by atoms with Gasteiger partial charge in [0, 0.05) is 17.0 Å². The summed E-state index contributed by atoms with van der Waals surface area (Å²) >= 11 is 1.20. The van der Waals surface area contributed by atoms with Gasteiger partial charge < -0.3 is 4.74 Å². The molecule has 0 saturated heterocycles. The third kappa shape index (κ3) is 3.10. The predicted octanol–water partition coefficient (Wildman–Crippen LogP) is 3.93. The fourth-order valence-electron chi connectivity index (χ4n) is 1.76. The topological polar surface area (TPSA) is 39.2 Å². The number of benzene rings is 1. The van der Waals surface area contributed by atoms with Crippen LogP contribution in [0.5, 0.6) is 0 Å². The Morgan fingerprint density at radius 3 is 2.71 bits per heavy atom. The van der Waals surface area contributed by atoms with Crippen molar-refractivity contribution in [3.05, 3.63) is 40.9 Å². The van der Waals surface area contributed by atoms with E-state index >= 15 is 0 Å². The minimum Gasteiger partial charge on any atom is -0.465 e. The molecule has 0 atom stereocenters. The van der Waals surface area contributed by atoms with E-state index in [1.165, 1.54) is 23.5 Å². The van der Waals surface area contributed by atoms with Crippen LogP contribution in [0.4, 0.5) is 8.78 Å². The fraction of sp³-hybridized carbons (Fsp3) is 0.333. The van der Waals surface area contributed by atoms with Crippen molar-refractivity contribution < 1.29 is 18.3 Å². The van der Waals surface area contributed by atoms with Gasteiger partial charge in [0.05, 0.1) is 12.3 Å². The molecular formula is C15H15F2NO2S. The summed E-state index contributed by atoms with van der Waals surface area (Å²) in [5, 5.41) is 2.09. The Bertz CT molecular complexity index is 667. The highest BCUT2D eigenvalue weighted by atomic mass is 32.1. The first-order valence-electron chi connectivity index (χ1n) is 6.45. The number of rotatable bonds is 4. The van der Waals surface area contributed by atoms with Crippen molar-refractivity contribution in [3.63, 3.8) is 0 Å². The Morgan fingerprint density at radius 2 is 2.10 bits per heavy atom. The van der Waals surface area contributed by atoms with Crippen LogP contribution < -0.4 is 0 Å². The van der Waals surface area contributed by atoms with Gasteiger partial charge in [0.25, 0.3) is 0 Å². The molecule has 1 aromatic carbocycles. The maximum absolute atomic E-state index is 13.8. The molecule has 0 aliphatic carbocycles. The summed E-state index contributed by atoms with van der Waals surface area (Å²) in [6.07, 6.45) is 0. The molecule has 2 rings (SSSR count). The van der Waals surface area contributed by atoms with E-state index in [0.717, 1.165) is 6.07 Å². The summed E-state index contributed by atoms with van der Waals surface area (Å²) < 4.78 is 31.7. The Balaban J connectivity index is 2.35. The quantitative estimate of drug-likeness (QED) is 0.803. The molecule has 0 aliphatic rings. The fourth-order valence-corrected chi connectivity index (χ4v) is 2.78. The largest absolute Gasteiger partial charge is 0.465 e. The number of ether oxygens (including phenoxy) is 1. The van der Waals surface area contributed by atoms with Crippen LogP contribution in [0.1, 0.15) is 26.5 Å². The minimum atomic E-state index is -0.915. The van der Waals surface area contributed by atoms with Gasteiger partial charge in [0.2, 0.25) is 0 Å². The van der Waals surface area contributed by atoms with Gasteiger partial charge in [-0.3, -0.25) is 4.79 Å². The molecular weight excluding hydrogens is 296 g/mol. The average Bonchev–Trinajstić information content (AvgIpc) is 2.89. The van der Waals surface area contributed by atoms with Gasteiger partial charge in [0.1, 0.15) is 22.1 Å². The summed E-state index contributed by atoms with van der Waals surface area (Å²) in [6.45, 7) is 5.41. The van der Waals surface area contributed by atoms with Crippen LogP contribution in [0.2, 0.25) is 0 Å². The number of hydrogen-bond acceptors (Lipinski definition) is 4. The van der Waals surface area contributed by atoms with Crippen molar-refractivity contribution in [2.45, 2.75) is 26.2 Å². The zero-order valence-electron chi connectivity index (χ0n) is 11.9. The summed E-state index contributed by atoms with van der Waals surface area (Å²) in [5.41, 5.74) is -0.196. The van der Waals surface area contributed by atoms with Crippen LogP contribution in [0.15, 0.2) is 23.6 Å². The smallest absolute Gasteiger partial charge is 0.317 e. The van der Waals surface area contributed by atoms with Crippen molar-refractivity contribution in [1.82, 2.24) is 4.98 Å². The highest BCUT2D eigenvalue weighted by Gasteiger charge is 2.34. The molecule has 0 amide bonds. The number of aromatic nitrogens is 1. The van der Waals surface area contributed by atoms with Crippen molar-refractivity contribution in [1.29, 1.82) is 0 Å². The Morgan fingerprint density at radius 1 is 1.38 bits per heavy atom. The molecule has 1 aromatic heterocycles. The SMILES string of the molecule is CCOC(=O)C(C)(C)c1csc(-c2ccc(F)cc2F)n1. The van der Waals surface area contributed by atoms with Crippen LogP contribution in [0, 0.1) is 11.6 Å². The highest BCUT2D eigenvalue weighted by molar-refractivity contribution is 7.13. The Hall–Kier alpha value is -1.82. The lowest BCUT2D eigenvalue weighted by molar-refractivity contribution is -0.148. The molecule has 0 spiro atoms. The molecule has 0 fully saturated rings. The van der Waals surface area contributed by atoms with Crippen molar-refractivity contribution in [2.75, 3.05) is 6.61 Å². The molecule has 0 unspecified atom stereocenters. The lowest BCUT2D eigenvalue weighted by atomic mass is 9.90. The van der Waals surface area contributed by atoms with Crippen molar-refractivity contribution >= 4 is 17.3 Å². The lowest BCUT2D eigenvalue weighted by Crippen LogP contribution is -2.31. The molecule has 3 nitrogen and oxygen atoms in total. The van der Waals surface area contributed by atoms with Gasteiger partial charge in [0.15, 0.2) is 0 Å². The van der Waals surface area contributed by atoms with Crippen molar-refractivity contribution in [3.8, 4) is 10.6 Å². The summed E-state index contributed by atoms with van der Waals surface area (Å²) in [7, 11) is 0. The minimum absolute atomic E-state index is 0.215. The average molecular weight is 311 g/mol. The van der Waals surface area contributed by atoms with E-state index in [4.69, 9.17) is 4.74 Å². The van der Waals surface area contributed by atoms with Gasteiger partial charge in [-0.05, 0) is 32.9 Å². The number of nitrogens with zero attached hydrogens (tertiary/aromatic N) is 1. The van der Waals surface area contributed by atoms with Gasteiger partial charge >= 0.3 is 5.97 Å². The molecule has 0 bridgehead atoms. The molecule has 112 valence electrons. The summed E-state index contributed by atoms with van der Waals surface area (Å²) in [5.74, 6) is -1.70. The molecule has 0 N–H and O–H groups in total. The molecule has 1 heterocycles. The van der Waals surface area contributed by atoms with E-state index in [-0.39, 0.29) is 18.1 Å². The van der Waals surface area contributed by atoms with E-state index in [2.05, 4.69) is 4.98 Å². The first-order chi connectivity index (χ1) is 9.86.